The molecule has 9 heteroatoms. The molecule has 0 bridgehead atoms. The number of urea groups is 1. The molecule has 2 atom stereocenters. The maximum absolute atomic E-state index is 13.0. The van der Waals surface area contributed by atoms with Crippen molar-refractivity contribution in [1.29, 1.82) is 0 Å². The highest BCUT2D eigenvalue weighted by atomic mass is 32.2. The highest BCUT2D eigenvalue weighted by Crippen LogP contribution is 2.20. The molecule has 27 heavy (non-hydrogen) atoms. The number of hydrogen-bond donors (Lipinski definition) is 1. The van der Waals surface area contributed by atoms with E-state index in [-0.39, 0.29) is 29.6 Å². The number of carbonyl (C=O) groups is 2. The molecule has 1 aromatic carbocycles. The van der Waals surface area contributed by atoms with Crippen LogP contribution in [0.5, 0.6) is 0 Å². The van der Waals surface area contributed by atoms with Gasteiger partial charge in [0.1, 0.15) is 21.7 Å². The van der Waals surface area contributed by atoms with Gasteiger partial charge in [-0.05, 0) is 37.0 Å². The second kappa shape index (κ2) is 7.84. The summed E-state index contributed by atoms with van der Waals surface area (Å²) >= 11 is 0. The lowest BCUT2D eigenvalue weighted by molar-refractivity contribution is -0.129. The first-order valence-electron chi connectivity index (χ1n) is 9.01. The largest absolute Gasteiger partial charge is 0.336 e. The van der Waals surface area contributed by atoms with Gasteiger partial charge in [-0.15, -0.1) is 0 Å². The molecule has 1 unspecified atom stereocenters. The SMILES string of the molecule is CS(=O)(=O)C[C@H]1CCCN1C(=O)NC1CCN(Cc2ccc(F)cc2)C1=O. The molecular formula is C18H24FN3O4S. The van der Waals surface area contributed by atoms with Gasteiger partial charge in [0.2, 0.25) is 5.91 Å². The van der Waals surface area contributed by atoms with Crippen molar-refractivity contribution in [2.75, 3.05) is 25.1 Å². The van der Waals surface area contributed by atoms with Crippen molar-refractivity contribution < 1.29 is 22.4 Å². The van der Waals surface area contributed by atoms with E-state index in [1.165, 1.54) is 17.0 Å². The lowest BCUT2D eigenvalue weighted by Crippen LogP contribution is -2.50. The van der Waals surface area contributed by atoms with Gasteiger partial charge in [-0.1, -0.05) is 12.1 Å². The van der Waals surface area contributed by atoms with Crippen LogP contribution in [0.3, 0.4) is 0 Å². The number of hydrogen-bond acceptors (Lipinski definition) is 4. The predicted octanol–water partition coefficient (Wildman–Crippen LogP) is 1.15. The second-order valence-corrected chi connectivity index (χ2v) is 9.44. The summed E-state index contributed by atoms with van der Waals surface area (Å²) in [6, 6.07) is 4.63. The van der Waals surface area contributed by atoms with Gasteiger partial charge < -0.3 is 15.1 Å². The number of likely N-dealkylation sites (tertiary alicyclic amines) is 2. The van der Waals surface area contributed by atoms with E-state index in [1.54, 1.807) is 17.0 Å². The smallest absolute Gasteiger partial charge is 0.318 e. The van der Waals surface area contributed by atoms with E-state index < -0.39 is 15.9 Å². The Morgan fingerprint density at radius 2 is 1.93 bits per heavy atom. The van der Waals surface area contributed by atoms with Crippen molar-refractivity contribution >= 4 is 21.8 Å². The van der Waals surface area contributed by atoms with Gasteiger partial charge in [-0.3, -0.25) is 4.79 Å². The summed E-state index contributed by atoms with van der Waals surface area (Å²) in [7, 11) is -3.18. The number of amides is 3. The molecule has 148 valence electrons. The van der Waals surface area contributed by atoms with Gasteiger partial charge in [-0.2, -0.15) is 0 Å². The van der Waals surface area contributed by atoms with Crippen molar-refractivity contribution in [3.05, 3.63) is 35.6 Å². The highest BCUT2D eigenvalue weighted by Gasteiger charge is 2.36. The van der Waals surface area contributed by atoms with E-state index in [2.05, 4.69) is 5.32 Å². The number of sulfone groups is 1. The first kappa shape index (κ1) is 19.6. The molecule has 2 aliphatic rings. The Balaban J connectivity index is 1.57. The molecule has 3 amide bonds. The van der Waals surface area contributed by atoms with Crippen LogP contribution in [0.15, 0.2) is 24.3 Å². The zero-order valence-electron chi connectivity index (χ0n) is 15.2. The quantitative estimate of drug-likeness (QED) is 0.807. The molecule has 0 saturated carbocycles. The van der Waals surface area contributed by atoms with Gasteiger partial charge in [0.15, 0.2) is 0 Å². The van der Waals surface area contributed by atoms with Crippen LogP contribution < -0.4 is 5.32 Å². The van der Waals surface area contributed by atoms with Crippen LogP contribution in [-0.4, -0.2) is 67.3 Å². The summed E-state index contributed by atoms with van der Waals surface area (Å²) < 4.78 is 36.1. The van der Waals surface area contributed by atoms with Crippen LogP contribution in [0.25, 0.3) is 0 Å². The highest BCUT2D eigenvalue weighted by molar-refractivity contribution is 7.90. The Morgan fingerprint density at radius 1 is 1.22 bits per heavy atom. The monoisotopic (exact) mass is 397 g/mol. The molecule has 2 heterocycles. The second-order valence-electron chi connectivity index (χ2n) is 7.26. The van der Waals surface area contributed by atoms with E-state index in [1.807, 2.05) is 0 Å². The number of halogens is 1. The fraction of sp³-hybridized carbons (Fsp3) is 0.556. The van der Waals surface area contributed by atoms with E-state index in [4.69, 9.17) is 0 Å². The van der Waals surface area contributed by atoms with Crippen LogP contribution in [0.4, 0.5) is 9.18 Å². The molecule has 2 saturated heterocycles. The molecule has 0 spiro atoms. The van der Waals surface area contributed by atoms with Crippen LogP contribution >= 0.6 is 0 Å². The van der Waals surface area contributed by atoms with Crippen molar-refractivity contribution in [1.82, 2.24) is 15.1 Å². The summed E-state index contributed by atoms with van der Waals surface area (Å²) in [5, 5.41) is 2.75. The van der Waals surface area contributed by atoms with Gasteiger partial charge in [-0.25, -0.2) is 17.6 Å². The van der Waals surface area contributed by atoms with E-state index >= 15 is 0 Å². The molecule has 0 aromatic heterocycles. The van der Waals surface area contributed by atoms with Crippen molar-refractivity contribution in [3.63, 3.8) is 0 Å². The maximum Gasteiger partial charge on any atom is 0.318 e. The molecular weight excluding hydrogens is 373 g/mol. The van der Waals surface area contributed by atoms with Gasteiger partial charge in [0.25, 0.3) is 0 Å². The Labute approximate surface area is 158 Å². The summed E-state index contributed by atoms with van der Waals surface area (Å²) in [6.45, 7) is 1.37. The van der Waals surface area contributed by atoms with Crippen LogP contribution in [0, 0.1) is 5.82 Å². The van der Waals surface area contributed by atoms with E-state index in [9.17, 15) is 22.4 Å². The minimum absolute atomic E-state index is 0.0598. The first-order valence-corrected chi connectivity index (χ1v) is 11.1. The average Bonchev–Trinajstić information content (AvgIpc) is 3.17. The number of benzene rings is 1. The number of nitrogens with zero attached hydrogens (tertiary/aromatic N) is 2. The minimum atomic E-state index is -3.18. The Kier molecular flexibility index (Phi) is 5.69. The summed E-state index contributed by atoms with van der Waals surface area (Å²) in [6.07, 6.45) is 3.06. The van der Waals surface area contributed by atoms with Gasteiger partial charge in [0, 0.05) is 31.9 Å². The minimum Gasteiger partial charge on any atom is -0.336 e. The fourth-order valence-electron chi connectivity index (χ4n) is 3.70. The van der Waals surface area contributed by atoms with Gasteiger partial charge >= 0.3 is 6.03 Å². The van der Waals surface area contributed by atoms with Gasteiger partial charge in [0.05, 0.1) is 5.75 Å². The van der Waals surface area contributed by atoms with Crippen LogP contribution in [0.2, 0.25) is 0 Å². The van der Waals surface area contributed by atoms with Crippen molar-refractivity contribution in [3.8, 4) is 0 Å². The number of nitrogens with one attached hydrogen (secondary N) is 1. The molecule has 3 rings (SSSR count). The fourth-order valence-corrected chi connectivity index (χ4v) is 4.74. The third-order valence-corrected chi connectivity index (χ3v) is 6.01. The zero-order valence-corrected chi connectivity index (χ0v) is 16.0. The molecule has 2 aliphatic heterocycles. The molecule has 0 radical (unpaired) electrons. The van der Waals surface area contributed by atoms with E-state index in [0.29, 0.717) is 32.5 Å². The lowest BCUT2D eigenvalue weighted by atomic mass is 10.2. The third-order valence-electron chi connectivity index (χ3n) is 5.01. The zero-order chi connectivity index (χ0) is 19.6. The molecule has 2 fully saturated rings. The topological polar surface area (TPSA) is 86.8 Å². The third kappa shape index (κ3) is 4.97. The maximum atomic E-state index is 13.0. The predicted molar refractivity (Wildman–Crippen MR) is 98.2 cm³/mol. The molecule has 7 nitrogen and oxygen atoms in total. The Morgan fingerprint density at radius 3 is 2.59 bits per heavy atom. The standard InChI is InChI=1S/C18H24FN3O4S/c1-27(25,26)12-15-3-2-9-22(15)18(24)20-16-8-10-21(17(16)23)11-13-4-6-14(19)7-5-13/h4-7,15-16H,2-3,8-12H2,1H3,(H,20,24)/t15-,16?/m1/s1. The normalized spacial score (nSPS) is 23.1. The lowest BCUT2D eigenvalue weighted by Gasteiger charge is -2.26. The molecule has 1 N–H and O–H groups in total. The summed E-state index contributed by atoms with van der Waals surface area (Å²) in [5.41, 5.74) is 0.824. The van der Waals surface area contributed by atoms with Crippen molar-refractivity contribution in [2.45, 2.75) is 37.9 Å². The number of rotatable bonds is 5. The van der Waals surface area contributed by atoms with Crippen LogP contribution in [-0.2, 0) is 21.2 Å². The molecule has 0 aliphatic carbocycles. The average molecular weight is 397 g/mol. The molecule has 1 aromatic rings. The summed E-state index contributed by atoms with van der Waals surface area (Å²) in [5.74, 6) is -0.562. The Hall–Kier alpha value is -2.16. The Bertz CT molecular complexity index is 812. The van der Waals surface area contributed by atoms with E-state index in [0.717, 1.165) is 18.2 Å². The van der Waals surface area contributed by atoms with Crippen LogP contribution in [0.1, 0.15) is 24.8 Å². The van der Waals surface area contributed by atoms with Crippen molar-refractivity contribution in [2.24, 2.45) is 0 Å². The first-order chi connectivity index (χ1) is 12.7. The number of carbonyl (C=O) groups excluding carboxylic acids is 2. The summed E-state index contributed by atoms with van der Waals surface area (Å²) in [4.78, 5) is 28.3.